The molecule has 132 valence electrons. The van der Waals surface area contributed by atoms with Gasteiger partial charge in [-0.3, -0.25) is 9.59 Å². The van der Waals surface area contributed by atoms with Gasteiger partial charge in [0.25, 0.3) is 5.91 Å². The average Bonchev–Trinajstić information content (AvgIpc) is 2.59. The van der Waals surface area contributed by atoms with Gasteiger partial charge in [0.1, 0.15) is 0 Å². The molecule has 0 radical (unpaired) electrons. The maximum atomic E-state index is 12.3. The zero-order valence-electron chi connectivity index (χ0n) is 14.2. The van der Waals surface area contributed by atoms with Gasteiger partial charge in [0.2, 0.25) is 5.91 Å². The largest absolute Gasteiger partial charge is 0.339 e. The van der Waals surface area contributed by atoms with Crippen molar-refractivity contribution < 1.29 is 9.59 Å². The van der Waals surface area contributed by atoms with E-state index in [4.69, 9.17) is 23.2 Å². The predicted molar refractivity (Wildman–Crippen MR) is 102 cm³/mol. The fourth-order valence-corrected chi connectivity index (χ4v) is 2.91. The Bertz CT molecular complexity index is 757. The van der Waals surface area contributed by atoms with Crippen LogP contribution in [-0.2, 0) is 11.2 Å². The number of nitrogens with one attached hydrogen (secondary N) is 1. The molecule has 2 amide bonds. The van der Waals surface area contributed by atoms with Gasteiger partial charge in [-0.05, 0) is 55.8 Å². The van der Waals surface area contributed by atoms with Gasteiger partial charge in [-0.15, -0.1) is 0 Å². The third-order valence-electron chi connectivity index (χ3n) is 3.83. The molecule has 0 saturated heterocycles. The summed E-state index contributed by atoms with van der Waals surface area (Å²) in [6.07, 6.45) is 0.149. The monoisotopic (exact) mass is 378 g/mol. The highest BCUT2D eigenvalue weighted by atomic mass is 35.5. The van der Waals surface area contributed by atoms with Gasteiger partial charge in [-0.25, -0.2) is 0 Å². The van der Waals surface area contributed by atoms with Crippen LogP contribution in [0.4, 0.5) is 5.69 Å². The molecular weight excluding hydrogens is 359 g/mol. The summed E-state index contributed by atoms with van der Waals surface area (Å²) in [6.45, 7) is 5.21. The van der Waals surface area contributed by atoms with E-state index in [0.717, 1.165) is 0 Å². The van der Waals surface area contributed by atoms with E-state index in [9.17, 15) is 9.59 Å². The van der Waals surface area contributed by atoms with Crippen LogP contribution < -0.4 is 5.32 Å². The number of hydrogen-bond acceptors (Lipinski definition) is 2. The second-order valence-corrected chi connectivity index (χ2v) is 6.36. The summed E-state index contributed by atoms with van der Waals surface area (Å²) in [5, 5.41) is 3.79. The number of amides is 2. The molecule has 0 atom stereocenters. The molecule has 0 heterocycles. The highest BCUT2D eigenvalue weighted by molar-refractivity contribution is 6.35. The van der Waals surface area contributed by atoms with E-state index in [2.05, 4.69) is 5.32 Å². The Hall–Kier alpha value is -2.04. The Morgan fingerprint density at radius 3 is 2.20 bits per heavy atom. The average molecular weight is 379 g/mol. The molecule has 6 heteroatoms. The van der Waals surface area contributed by atoms with Crippen molar-refractivity contribution in [2.75, 3.05) is 18.4 Å². The van der Waals surface area contributed by atoms with Crippen LogP contribution in [0.2, 0.25) is 10.0 Å². The zero-order chi connectivity index (χ0) is 18.4. The summed E-state index contributed by atoms with van der Waals surface area (Å²) in [6, 6.07) is 11.9. The quantitative estimate of drug-likeness (QED) is 0.794. The number of anilines is 1. The van der Waals surface area contributed by atoms with Gasteiger partial charge in [-0.2, -0.15) is 0 Å². The number of nitrogens with zero attached hydrogens (tertiary/aromatic N) is 1. The van der Waals surface area contributed by atoms with Crippen molar-refractivity contribution >= 4 is 40.7 Å². The molecule has 4 nitrogen and oxygen atoms in total. The number of benzene rings is 2. The van der Waals surface area contributed by atoms with Crippen molar-refractivity contribution in [1.82, 2.24) is 4.90 Å². The number of carbonyl (C=O) groups is 2. The molecule has 0 saturated carbocycles. The number of hydrogen-bond donors (Lipinski definition) is 1. The maximum Gasteiger partial charge on any atom is 0.253 e. The highest BCUT2D eigenvalue weighted by Crippen LogP contribution is 2.22. The summed E-state index contributed by atoms with van der Waals surface area (Å²) >= 11 is 11.9. The fraction of sp³-hybridized carbons (Fsp3) is 0.263. The summed E-state index contributed by atoms with van der Waals surface area (Å²) in [5.74, 6) is -0.206. The Balaban J connectivity index is 2.01. The van der Waals surface area contributed by atoms with Crippen molar-refractivity contribution in [1.29, 1.82) is 0 Å². The van der Waals surface area contributed by atoms with Crippen molar-refractivity contribution in [3.63, 3.8) is 0 Å². The molecule has 0 unspecified atom stereocenters. The second-order valence-electron chi connectivity index (χ2n) is 5.52. The summed E-state index contributed by atoms with van der Waals surface area (Å²) in [4.78, 5) is 26.2. The van der Waals surface area contributed by atoms with Crippen LogP contribution in [0.15, 0.2) is 42.5 Å². The van der Waals surface area contributed by atoms with Crippen LogP contribution >= 0.6 is 23.2 Å². The SMILES string of the molecule is CCN(CC)C(=O)c1ccc(NC(=O)Cc2ccc(Cl)cc2Cl)cc1. The van der Waals surface area contributed by atoms with Crippen LogP contribution in [-0.4, -0.2) is 29.8 Å². The van der Waals surface area contributed by atoms with Crippen molar-refractivity contribution in [3.05, 3.63) is 63.6 Å². The van der Waals surface area contributed by atoms with E-state index in [0.29, 0.717) is 39.9 Å². The Kier molecular flexibility index (Phi) is 6.85. The third kappa shape index (κ3) is 5.21. The lowest BCUT2D eigenvalue weighted by molar-refractivity contribution is -0.115. The van der Waals surface area contributed by atoms with Gasteiger partial charge in [0, 0.05) is 34.4 Å². The first-order valence-corrected chi connectivity index (χ1v) is 8.83. The lowest BCUT2D eigenvalue weighted by atomic mass is 10.1. The summed E-state index contributed by atoms with van der Waals surface area (Å²) in [5.41, 5.74) is 1.94. The van der Waals surface area contributed by atoms with Gasteiger partial charge in [0.05, 0.1) is 6.42 Å². The molecule has 0 aliphatic rings. The molecule has 0 fully saturated rings. The highest BCUT2D eigenvalue weighted by Gasteiger charge is 2.13. The van der Waals surface area contributed by atoms with Crippen LogP contribution in [0.25, 0.3) is 0 Å². The smallest absolute Gasteiger partial charge is 0.253 e. The minimum atomic E-state index is -0.188. The first-order valence-electron chi connectivity index (χ1n) is 8.07. The molecular formula is C19H20Cl2N2O2. The van der Waals surface area contributed by atoms with E-state index < -0.39 is 0 Å². The molecule has 0 spiro atoms. The normalized spacial score (nSPS) is 10.4. The van der Waals surface area contributed by atoms with E-state index >= 15 is 0 Å². The van der Waals surface area contributed by atoms with Crippen LogP contribution in [0.1, 0.15) is 29.8 Å². The Morgan fingerprint density at radius 1 is 1.00 bits per heavy atom. The lowest BCUT2D eigenvalue weighted by Gasteiger charge is -2.18. The molecule has 1 N–H and O–H groups in total. The maximum absolute atomic E-state index is 12.3. The molecule has 25 heavy (non-hydrogen) atoms. The molecule has 0 aliphatic heterocycles. The van der Waals surface area contributed by atoms with Gasteiger partial charge in [0.15, 0.2) is 0 Å². The molecule has 2 rings (SSSR count). The van der Waals surface area contributed by atoms with E-state index in [1.54, 1.807) is 47.4 Å². The Labute approximate surface area is 157 Å². The molecule has 0 aliphatic carbocycles. The zero-order valence-corrected chi connectivity index (χ0v) is 15.7. The first-order chi connectivity index (χ1) is 11.9. The molecule has 0 aromatic heterocycles. The van der Waals surface area contributed by atoms with Crippen LogP contribution in [0.3, 0.4) is 0 Å². The predicted octanol–water partition coefficient (Wildman–Crippen LogP) is 4.66. The van der Waals surface area contributed by atoms with Crippen LogP contribution in [0.5, 0.6) is 0 Å². The van der Waals surface area contributed by atoms with Crippen molar-refractivity contribution in [2.24, 2.45) is 0 Å². The topological polar surface area (TPSA) is 49.4 Å². The minimum Gasteiger partial charge on any atom is -0.339 e. The number of rotatable bonds is 6. The van der Waals surface area contributed by atoms with E-state index in [1.165, 1.54) is 0 Å². The fourth-order valence-electron chi connectivity index (χ4n) is 2.43. The van der Waals surface area contributed by atoms with Crippen molar-refractivity contribution in [3.8, 4) is 0 Å². The van der Waals surface area contributed by atoms with Gasteiger partial charge in [-0.1, -0.05) is 29.3 Å². The first kappa shape index (κ1) is 19.3. The molecule has 2 aromatic rings. The molecule has 2 aromatic carbocycles. The number of halogens is 2. The van der Waals surface area contributed by atoms with Gasteiger partial charge < -0.3 is 10.2 Å². The summed E-state index contributed by atoms with van der Waals surface area (Å²) in [7, 11) is 0. The standard InChI is InChI=1S/C19H20Cl2N2O2/c1-3-23(4-2)19(25)13-6-9-16(10-7-13)22-18(24)11-14-5-8-15(20)12-17(14)21/h5-10,12H,3-4,11H2,1-2H3,(H,22,24). The third-order valence-corrected chi connectivity index (χ3v) is 4.42. The van der Waals surface area contributed by atoms with Crippen molar-refractivity contribution in [2.45, 2.75) is 20.3 Å². The number of carbonyl (C=O) groups excluding carboxylic acids is 2. The van der Waals surface area contributed by atoms with E-state index in [-0.39, 0.29) is 18.2 Å². The Morgan fingerprint density at radius 2 is 1.64 bits per heavy atom. The molecule has 0 bridgehead atoms. The summed E-state index contributed by atoms with van der Waals surface area (Å²) < 4.78 is 0. The second kappa shape index (κ2) is 8.88. The minimum absolute atomic E-state index is 0.0178. The van der Waals surface area contributed by atoms with Crippen LogP contribution in [0, 0.1) is 0 Å². The lowest BCUT2D eigenvalue weighted by Crippen LogP contribution is -2.30. The van der Waals surface area contributed by atoms with E-state index in [1.807, 2.05) is 13.8 Å². The van der Waals surface area contributed by atoms with Gasteiger partial charge >= 0.3 is 0 Å².